The van der Waals surface area contributed by atoms with Crippen molar-refractivity contribution in [3.8, 4) is 11.4 Å². The number of fused-ring (bicyclic) bond motifs is 3. The lowest BCUT2D eigenvalue weighted by Crippen LogP contribution is -2.27. The van der Waals surface area contributed by atoms with Gasteiger partial charge in [-0.1, -0.05) is 11.8 Å². The van der Waals surface area contributed by atoms with Crippen molar-refractivity contribution in [3.05, 3.63) is 75.1 Å². The highest BCUT2D eigenvalue weighted by Crippen LogP contribution is 2.34. The van der Waals surface area contributed by atoms with Crippen molar-refractivity contribution in [3.63, 3.8) is 0 Å². The number of thiophene rings is 1. The van der Waals surface area contributed by atoms with Crippen LogP contribution in [0.1, 0.15) is 10.4 Å². The molecule has 3 heterocycles. The average Bonchev–Trinajstić information content (AvgIpc) is 3.22. The van der Waals surface area contributed by atoms with Crippen LogP contribution in [0.2, 0.25) is 0 Å². The molecule has 1 N–H and O–H groups in total. The molecule has 7 nitrogen and oxygen atoms in total. The van der Waals surface area contributed by atoms with E-state index in [9.17, 15) is 14.0 Å². The second-order valence-electron chi connectivity index (χ2n) is 8.25. The first-order valence-electron chi connectivity index (χ1n) is 11.0. The number of halogens is 1. The van der Waals surface area contributed by atoms with Crippen LogP contribution < -0.4 is 15.6 Å². The zero-order valence-electron chi connectivity index (χ0n) is 19.2. The average molecular weight is 511 g/mol. The number of carbonyl (C=O) groups is 1. The number of rotatable bonds is 6. The van der Waals surface area contributed by atoms with Crippen molar-refractivity contribution in [2.24, 2.45) is 0 Å². The number of benzene rings is 2. The summed E-state index contributed by atoms with van der Waals surface area (Å²) in [6.45, 7) is 1.68. The van der Waals surface area contributed by atoms with Gasteiger partial charge < -0.3 is 15.0 Å². The van der Waals surface area contributed by atoms with Crippen molar-refractivity contribution in [2.75, 3.05) is 31.8 Å². The molecule has 0 spiro atoms. The molecule has 1 amide bonds. The van der Waals surface area contributed by atoms with Gasteiger partial charge >= 0.3 is 0 Å². The van der Waals surface area contributed by atoms with E-state index in [-0.39, 0.29) is 23.0 Å². The molecule has 0 saturated heterocycles. The lowest BCUT2D eigenvalue weighted by atomic mass is 10.1. The van der Waals surface area contributed by atoms with Crippen molar-refractivity contribution in [1.29, 1.82) is 0 Å². The highest BCUT2D eigenvalue weighted by Gasteiger charge is 2.24. The van der Waals surface area contributed by atoms with Gasteiger partial charge in [-0.05, 0) is 67.6 Å². The first kappa shape index (κ1) is 23.5. The zero-order chi connectivity index (χ0) is 24.5. The van der Waals surface area contributed by atoms with Gasteiger partial charge in [-0.2, -0.15) is 0 Å². The number of anilines is 1. The maximum Gasteiger partial charge on any atom is 0.267 e. The molecule has 10 heteroatoms. The van der Waals surface area contributed by atoms with E-state index >= 15 is 0 Å². The summed E-state index contributed by atoms with van der Waals surface area (Å²) in [4.78, 5) is 35.3. The fraction of sp³-hybridized carbons (Fsp3) is 0.240. The number of nitrogens with one attached hydrogen (secondary N) is 1. The van der Waals surface area contributed by atoms with E-state index in [1.807, 2.05) is 12.1 Å². The Morgan fingerprint density at radius 2 is 1.94 bits per heavy atom. The van der Waals surface area contributed by atoms with Crippen molar-refractivity contribution < 1.29 is 13.9 Å². The number of carbonyl (C=O) groups excluding carboxylic acids is 1. The minimum Gasteiger partial charge on any atom is -0.497 e. The van der Waals surface area contributed by atoms with Crippen LogP contribution >= 0.6 is 23.1 Å². The van der Waals surface area contributed by atoms with E-state index in [0.29, 0.717) is 32.5 Å². The summed E-state index contributed by atoms with van der Waals surface area (Å²) in [7, 11) is 3.65. The Kier molecular flexibility index (Phi) is 6.59. The van der Waals surface area contributed by atoms with Crippen molar-refractivity contribution in [1.82, 2.24) is 14.5 Å². The number of ether oxygens (including phenoxy) is 1. The maximum atomic E-state index is 13.8. The van der Waals surface area contributed by atoms with Crippen LogP contribution in [0.5, 0.6) is 5.75 Å². The van der Waals surface area contributed by atoms with Gasteiger partial charge in [0.05, 0.1) is 23.9 Å². The molecule has 0 radical (unpaired) electrons. The molecule has 35 heavy (non-hydrogen) atoms. The van der Waals surface area contributed by atoms with Gasteiger partial charge in [-0.25, -0.2) is 9.37 Å². The summed E-state index contributed by atoms with van der Waals surface area (Å²) >= 11 is 2.73. The highest BCUT2D eigenvalue weighted by molar-refractivity contribution is 7.99. The molecule has 0 aliphatic carbocycles. The lowest BCUT2D eigenvalue weighted by Gasteiger charge is -2.21. The van der Waals surface area contributed by atoms with Crippen LogP contribution in [0, 0.1) is 5.82 Å². The van der Waals surface area contributed by atoms with Gasteiger partial charge in [-0.3, -0.25) is 14.2 Å². The third-order valence-corrected chi connectivity index (χ3v) is 7.87. The van der Waals surface area contributed by atoms with E-state index < -0.39 is 0 Å². The quantitative estimate of drug-likeness (QED) is 0.308. The number of nitrogens with zero attached hydrogens (tertiary/aromatic N) is 3. The van der Waals surface area contributed by atoms with E-state index in [0.717, 1.165) is 30.0 Å². The second-order valence-corrected chi connectivity index (χ2v) is 10.3. The summed E-state index contributed by atoms with van der Waals surface area (Å²) in [6.07, 6.45) is 0.804. The topological polar surface area (TPSA) is 76.5 Å². The third kappa shape index (κ3) is 4.82. The van der Waals surface area contributed by atoms with Gasteiger partial charge in [0, 0.05) is 23.7 Å². The predicted molar refractivity (Wildman–Crippen MR) is 138 cm³/mol. The number of thioether (sulfide) groups is 1. The number of hydrogen-bond acceptors (Lipinski definition) is 7. The second kappa shape index (κ2) is 9.80. The zero-order valence-corrected chi connectivity index (χ0v) is 20.8. The molecule has 180 valence electrons. The van der Waals surface area contributed by atoms with Crippen LogP contribution in [0.25, 0.3) is 15.9 Å². The number of likely N-dealkylation sites (N-methyl/N-ethyl adjacent to an activating group) is 1. The van der Waals surface area contributed by atoms with Gasteiger partial charge in [0.1, 0.15) is 16.4 Å². The molecule has 0 saturated carbocycles. The minimum atomic E-state index is -0.372. The molecule has 2 aromatic heterocycles. The highest BCUT2D eigenvalue weighted by atomic mass is 32.2. The molecule has 0 atom stereocenters. The molecule has 1 aliphatic heterocycles. The van der Waals surface area contributed by atoms with Gasteiger partial charge in [0.25, 0.3) is 5.56 Å². The van der Waals surface area contributed by atoms with Crippen molar-refractivity contribution >= 4 is 44.9 Å². The molecule has 0 bridgehead atoms. The molecule has 0 unspecified atom stereocenters. The summed E-state index contributed by atoms with van der Waals surface area (Å²) in [5.41, 5.74) is 2.10. The van der Waals surface area contributed by atoms with E-state index in [2.05, 4.69) is 17.3 Å². The first-order chi connectivity index (χ1) is 16.9. The summed E-state index contributed by atoms with van der Waals surface area (Å²) < 4.78 is 20.0. The van der Waals surface area contributed by atoms with Crippen LogP contribution in [0.3, 0.4) is 0 Å². The van der Waals surface area contributed by atoms with Crippen LogP contribution in [-0.2, 0) is 17.8 Å². The molecule has 1 aliphatic rings. The number of hydrogen-bond donors (Lipinski definition) is 1. The lowest BCUT2D eigenvalue weighted by molar-refractivity contribution is -0.113. The summed E-state index contributed by atoms with van der Waals surface area (Å²) in [5.74, 6) is 0.0754. The Bertz CT molecular complexity index is 1450. The van der Waals surface area contributed by atoms with Crippen molar-refractivity contribution in [2.45, 2.75) is 18.1 Å². The fourth-order valence-electron chi connectivity index (χ4n) is 4.07. The monoisotopic (exact) mass is 510 g/mol. The molecular formula is C25H23FN4O3S2. The smallest absolute Gasteiger partial charge is 0.267 e. The van der Waals surface area contributed by atoms with Gasteiger partial charge in [-0.15, -0.1) is 11.3 Å². The number of aromatic nitrogens is 2. The minimum absolute atomic E-state index is 0.0410. The SMILES string of the molecule is COc1ccc(-n2c(SCC(=O)Nc3ccc(F)cc3)nc3sc4c(c3c2=O)CCN(C)C4)cc1. The van der Waals surface area contributed by atoms with Crippen LogP contribution in [0.15, 0.2) is 58.5 Å². The van der Waals surface area contributed by atoms with E-state index in [1.165, 1.54) is 36.0 Å². The third-order valence-electron chi connectivity index (χ3n) is 5.83. The summed E-state index contributed by atoms with van der Waals surface area (Å²) in [6, 6.07) is 12.8. The van der Waals surface area contributed by atoms with Gasteiger partial charge in [0.15, 0.2) is 5.16 Å². The molecular weight excluding hydrogens is 487 g/mol. The fourth-order valence-corrected chi connectivity index (χ4v) is 6.22. The molecule has 0 fully saturated rings. The van der Waals surface area contributed by atoms with Crippen LogP contribution in [0.4, 0.5) is 10.1 Å². The van der Waals surface area contributed by atoms with E-state index in [4.69, 9.17) is 9.72 Å². The Morgan fingerprint density at radius 3 is 2.66 bits per heavy atom. The number of amides is 1. The van der Waals surface area contributed by atoms with E-state index in [1.54, 1.807) is 35.1 Å². The Hall–Kier alpha value is -3.21. The molecule has 2 aromatic carbocycles. The molecule has 5 rings (SSSR count). The van der Waals surface area contributed by atoms with Gasteiger partial charge in [0.2, 0.25) is 5.91 Å². The molecule has 4 aromatic rings. The largest absolute Gasteiger partial charge is 0.497 e. The standard InChI is InChI=1S/C25H23FN4O3S2/c1-29-12-11-19-20(13-29)35-23-22(19)24(32)30(17-7-9-18(33-2)10-8-17)25(28-23)34-14-21(31)27-16-5-3-15(26)4-6-16/h3-10H,11-14H2,1-2H3,(H,27,31). The normalized spacial score (nSPS) is 13.6. The summed E-state index contributed by atoms with van der Waals surface area (Å²) in [5, 5.41) is 3.85. The Labute approximate surface area is 209 Å². The number of methoxy groups -OCH3 is 1. The first-order valence-corrected chi connectivity index (χ1v) is 12.8. The maximum absolute atomic E-state index is 13.8. The van der Waals surface area contributed by atoms with Crippen LogP contribution in [-0.4, -0.2) is 46.8 Å². The predicted octanol–water partition coefficient (Wildman–Crippen LogP) is 4.31. The Balaban J connectivity index is 1.52. The Morgan fingerprint density at radius 1 is 1.20 bits per heavy atom.